The lowest BCUT2D eigenvalue weighted by Crippen LogP contribution is -2.26. The Balaban J connectivity index is 1.70. The SMILES string of the molecule is O=C(NCC#CCO)OCC1c2ccccc2-c2ccccc21. The van der Waals surface area contributed by atoms with Gasteiger partial charge in [0, 0.05) is 5.92 Å². The summed E-state index contributed by atoms with van der Waals surface area (Å²) in [5.74, 6) is 5.13. The van der Waals surface area contributed by atoms with Gasteiger partial charge in [-0.15, -0.1) is 0 Å². The molecule has 3 rings (SSSR count). The lowest BCUT2D eigenvalue weighted by Gasteiger charge is -2.14. The van der Waals surface area contributed by atoms with Crippen LogP contribution in [0.4, 0.5) is 4.79 Å². The van der Waals surface area contributed by atoms with Crippen LogP contribution in [-0.2, 0) is 4.74 Å². The van der Waals surface area contributed by atoms with Crippen molar-refractivity contribution >= 4 is 6.09 Å². The Morgan fingerprint density at radius 1 is 1.04 bits per heavy atom. The fourth-order valence-electron chi connectivity index (χ4n) is 2.88. The fourth-order valence-corrected chi connectivity index (χ4v) is 2.88. The van der Waals surface area contributed by atoms with E-state index in [9.17, 15) is 4.79 Å². The predicted molar refractivity (Wildman–Crippen MR) is 87.9 cm³/mol. The van der Waals surface area contributed by atoms with E-state index in [1.54, 1.807) is 0 Å². The number of fused-ring (bicyclic) bond motifs is 3. The second-order valence-electron chi connectivity index (χ2n) is 5.19. The molecular formula is C19H17NO3. The van der Waals surface area contributed by atoms with E-state index in [1.165, 1.54) is 22.3 Å². The molecule has 0 spiro atoms. The summed E-state index contributed by atoms with van der Waals surface area (Å²) < 4.78 is 5.34. The molecule has 2 aromatic rings. The summed E-state index contributed by atoms with van der Waals surface area (Å²) in [7, 11) is 0. The maximum Gasteiger partial charge on any atom is 0.407 e. The van der Waals surface area contributed by atoms with Crippen molar-refractivity contribution in [1.29, 1.82) is 0 Å². The van der Waals surface area contributed by atoms with Crippen LogP contribution in [-0.4, -0.2) is 31.0 Å². The summed E-state index contributed by atoms with van der Waals surface area (Å²) in [5, 5.41) is 11.1. The van der Waals surface area contributed by atoms with Crippen LogP contribution in [0.5, 0.6) is 0 Å². The molecule has 0 saturated heterocycles. The Morgan fingerprint density at radius 3 is 2.26 bits per heavy atom. The van der Waals surface area contributed by atoms with E-state index in [0.717, 1.165) is 0 Å². The molecule has 0 atom stereocenters. The zero-order valence-corrected chi connectivity index (χ0v) is 12.6. The van der Waals surface area contributed by atoms with E-state index in [0.29, 0.717) is 0 Å². The van der Waals surface area contributed by atoms with Crippen molar-refractivity contribution in [2.75, 3.05) is 19.8 Å². The van der Waals surface area contributed by atoms with Crippen LogP contribution in [0.3, 0.4) is 0 Å². The topological polar surface area (TPSA) is 58.6 Å². The summed E-state index contributed by atoms with van der Waals surface area (Å²) >= 11 is 0. The quantitative estimate of drug-likeness (QED) is 0.857. The van der Waals surface area contributed by atoms with Crippen molar-refractivity contribution in [2.45, 2.75) is 5.92 Å². The highest BCUT2D eigenvalue weighted by Gasteiger charge is 2.28. The highest BCUT2D eigenvalue weighted by atomic mass is 16.5. The number of benzene rings is 2. The molecule has 1 aliphatic carbocycles. The largest absolute Gasteiger partial charge is 0.449 e. The van der Waals surface area contributed by atoms with Crippen LogP contribution in [0, 0.1) is 11.8 Å². The molecule has 0 radical (unpaired) electrons. The minimum absolute atomic E-state index is 0.0525. The number of nitrogens with one attached hydrogen (secondary N) is 1. The first-order valence-corrected chi connectivity index (χ1v) is 7.46. The van der Waals surface area contributed by atoms with Crippen molar-refractivity contribution in [3.8, 4) is 23.0 Å². The van der Waals surface area contributed by atoms with Crippen LogP contribution in [0.25, 0.3) is 11.1 Å². The van der Waals surface area contributed by atoms with Gasteiger partial charge < -0.3 is 15.2 Å². The minimum Gasteiger partial charge on any atom is -0.449 e. The summed E-state index contributed by atoms with van der Waals surface area (Å²) in [5.41, 5.74) is 4.76. The molecule has 0 unspecified atom stereocenters. The normalized spacial score (nSPS) is 11.9. The highest BCUT2D eigenvalue weighted by molar-refractivity contribution is 5.79. The van der Waals surface area contributed by atoms with Crippen molar-refractivity contribution < 1.29 is 14.6 Å². The van der Waals surface area contributed by atoms with Crippen molar-refractivity contribution in [2.24, 2.45) is 0 Å². The van der Waals surface area contributed by atoms with Crippen LogP contribution in [0.15, 0.2) is 48.5 Å². The number of ether oxygens (including phenoxy) is 1. The number of amides is 1. The smallest absolute Gasteiger partial charge is 0.407 e. The van der Waals surface area contributed by atoms with Crippen LogP contribution in [0.2, 0.25) is 0 Å². The first-order chi connectivity index (χ1) is 11.3. The molecule has 4 heteroatoms. The molecule has 1 amide bonds. The second-order valence-corrected chi connectivity index (χ2v) is 5.19. The molecule has 0 saturated carbocycles. The van der Waals surface area contributed by atoms with E-state index in [1.807, 2.05) is 24.3 Å². The van der Waals surface area contributed by atoms with Gasteiger partial charge in [-0.25, -0.2) is 4.79 Å². The third kappa shape index (κ3) is 3.20. The van der Waals surface area contributed by atoms with Crippen LogP contribution >= 0.6 is 0 Å². The molecule has 0 aromatic heterocycles. The molecule has 116 valence electrons. The molecule has 0 aliphatic heterocycles. The molecule has 0 fully saturated rings. The lowest BCUT2D eigenvalue weighted by molar-refractivity contribution is 0.144. The van der Waals surface area contributed by atoms with E-state index in [4.69, 9.17) is 9.84 Å². The minimum atomic E-state index is -0.501. The molecule has 2 aromatic carbocycles. The first kappa shape index (κ1) is 15.1. The van der Waals surface area contributed by atoms with Gasteiger partial charge >= 0.3 is 6.09 Å². The Kier molecular flexibility index (Phi) is 4.60. The number of carbonyl (C=O) groups excluding carboxylic acids is 1. The Morgan fingerprint density at radius 2 is 1.65 bits per heavy atom. The molecular weight excluding hydrogens is 290 g/mol. The maximum absolute atomic E-state index is 11.7. The van der Waals surface area contributed by atoms with E-state index in [-0.39, 0.29) is 25.7 Å². The Hall–Kier alpha value is -2.77. The number of aliphatic hydroxyl groups is 1. The van der Waals surface area contributed by atoms with Crippen molar-refractivity contribution in [3.63, 3.8) is 0 Å². The Bertz CT molecular complexity index is 728. The van der Waals surface area contributed by atoms with Gasteiger partial charge in [-0.2, -0.15) is 0 Å². The molecule has 0 heterocycles. The number of hydrogen-bond donors (Lipinski definition) is 2. The highest BCUT2D eigenvalue weighted by Crippen LogP contribution is 2.44. The van der Waals surface area contributed by atoms with E-state index < -0.39 is 6.09 Å². The summed E-state index contributed by atoms with van der Waals surface area (Å²) in [4.78, 5) is 11.7. The van der Waals surface area contributed by atoms with Crippen molar-refractivity contribution in [3.05, 3.63) is 59.7 Å². The summed E-state index contributed by atoms with van der Waals surface area (Å²) in [6.45, 7) is 0.233. The number of hydrogen-bond acceptors (Lipinski definition) is 3. The van der Waals surface area contributed by atoms with Crippen LogP contribution < -0.4 is 5.32 Å². The monoisotopic (exact) mass is 307 g/mol. The number of carbonyl (C=O) groups is 1. The average Bonchev–Trinajstić information content (AvgIpc) is 2.91. The van der Waals surface area contributed by atoms with Gasteiger partial charge in [-0.3, -0.25) is 0 Å². The summed E-state index contributed by atoms with van der Waals surface area (Å²) in [6.07, 6.45) is -0.501. The standard InChI is InChI=1S/C19H17NO3/c21-12-6-5-11-20-19(22)23-13-18-16-9-3-1-7-14(16)15-8-2-4-10-17(15)18/h1-4,7-10,18,21H,11-13H2,(H,20,22). The third-order valence-electron chi connectivity index (χ3n) is 3.87. The molecule has 4 nitrogen and oxygen atoms in total. The van der Waals surface area contributed by atoms with E-state index in [2.05, 4.69) is 41.4 Å². The van der Waals surface area contributed by atoms with Gasteiger partial charge in [0.15, 0.2) is 0 Å². The first-order valence-electron chi connectivity index (χ1n) is 7.46. The van der Waals surface area contributed by atoms with Gasteiger partial charge in [0.05, 0.1) is 6.54 Å². The number of aliphatic hydroxyl groups excluding tert-OH is 1. The molecule has 23 heavy (non-hydrogen) atoms. The number of alkyl carbamates (subject to hydrolysis) is 1. The Labute approximate surface area is 135 Å². The van der Waals surface area contributed by atoms with Crippen LogP contribution in [0.1, 0.15) is 17.0 Å². The lowest BCUT2D eigenvalue weighted by atomic mass is 9.98. The number of rotatable bonds is 3. The molecule has 1 aliphatic rings. The zero-order chi connectivity index (χ0) is 16.1. The third-order valence-corrected chi connectivity index (χ3v) is 3.87. The van der Waals surface area contributed by atoms with Gasteiger partial charge in [0.2, 0.25) is 0 Å². The second kappa shape index (κ2) is 6.99. The van der Waals surface area contributed by atoms with Gasteiger partial charge in [0.25, 0.3) is 0 Å². The molecule has 0 bridgehead atoms. The molecule has 2 N–H and O–H groups in total. The summed E-state index contributed by atoms with van der Waals surface area (Å²) in [6, 6.07) is 16.4. The van der Waals surface area contributed by atoms with Crippen molar-refractivity contribution in [1.82, 2.24) is 5.32 Å². The fraction of sp³-hybridized carbons (Fsp3) is 0.211. The average molecular weight is 307 g/mol. The van der Waals surface area contributed by atoms with Gasteiger partial charge in [-0.1, -0.05) is 60.4 Å². The zero-order valence-electron chi connectivity index (χ0n) is 12.6. The van der Waals surface area contributed by atoms with Gasteiger partial charge in [0.1, 0.15) is 13.2 Å². The maximum atomic E-state index is 11.7. The predicted octanol–water partition coefficient (Wildman–Crippen LogP) is 2.52. The van der Waals surface area contributed by atoms with E-state index >= 15 is 0 Å². The van der Waals surface area contributed by atoms with Gasteiger partial charge in [-0.05, 0) is 22.3 Å².